The lowest BCUT2D eigenvalue weighted by atomic mass is 9.97. The van der Waals surface area contributed by atoms with Crippen LogP contribution in [0.3, 0.4) is 0 Å². The van der Waals surface area contributed by atoms with Crippen molar-refractivity contribution in [2.75, 3.05) is 38.1 Å². The van der Waals surface area contributed by atoms with E-state index < -0.39 is 12.1 Å². The molecule has 5 rings (SSSR count). The smallest absolute Gasteiger partial charge is 0.322 e. The molecule has 1 atom stereocenters. The minimum absolute atomic E-state index is 0.135. The third-order valence-electron chi connectivity index (χ3n) is 7.26. The van der Waals surface area contributed by atoms with Crippen LogP contribution in [0.2, 0.25) is 0 Å². The van der Waals surface area contributed by atoms with Crippen LogP contribution in [-0.4, -0.2) is 55.3 Å². The van der Waals surface area contributed by atoms with E-state index in [1.807, 2.05) is 80.7 Å². The largest absolute Gasteiger partial charge is 0.497 e. The molecule has 9 nitrogen and oxygen atoms in total. The maximum Gasteiger partial charge on any atom is 0.322 e. The summed E-state index contributed by atoms with van der Waals surface area (Å²) in [6, 6.07) is 23.6. The predicted octanol–water partition coefficient (Wildman–Crippen LogP) is 5.88. The van der Waals surface area contributed by atoms with Gasteiger partial charge in [-0.05, 0) is 67.9 Å². The number of anilines is 2. The van der Waals surface area contributed by atoms with Crippen molar-refractivity contribution in [1.82, 2.24) is 9.47 Å². The Bertz CT molecular complexity index is 1550. The molecule has 0 aliphatic carbocycles. The summed E-state index contributed by atoms with van der Waals surface area (Å²) in [5.41, 5.74) is 4.02. The Kier molecular flexibility index (Phi) is 7.87. The quantitative estimate of drug-likeness (QED) is 0.294. The average Bonchev–Trinajstić information content (AvgIpc) is 3.49. The maximum atomic E-state index is 14.3. The lowest BCUT2D eigenvalue weighted by Gasteiger charge is -2.40. The Morgan fingerprint density at radius 1 is 0.854 bits per heavy atom. The summed E-state index contributed by atoms with van der Waals surface area (Å²) in [6.45, 7) is 3.63. The topological polar surface area (TPSA) is 85.3 Å². The van der Waals surface area contributed by atoms with E-state index in [4.69, 9.17) is 14.2 Å². The van der Waals surface area contributed by atoms with E-state index in [0.717, 1.165) is 28.4 Å². The summed E-state index contributed by atoms with van der Waals surface area (Å²) in [6.07, 6.45) is 2.00. The molecule has 0 fully saturated rings. The number of methoxy groups -OCH3 is 3. The van der Waals surface area contributed by atoms with Crippen molar-refractivity contribution in [1.29, 1.82) is 0 Å². The number of aromatic nitrogens is 1. The molecule has 0 spiro atoms. The molecule has 1 aliphatic rings. The number of nitrogens with zero attached hydrogens (tertiary/aromatic N) is 3. The van der Waals surface area contributed by atoms with Gasteiger partial charge in [-0.3, -0.25) is 9.69 Å². The van der Waals surface area contributed by atoms with Crippen LogP contribution in [0.15, 0.2) is 85.1 Å². The van der Waals surface area contributed by atoms with E-state index in [1.54, 1.807) is 37.3 Å². The van der Waals surface area contributed by atoms with E-state index in [9.17, 15) is 9.59 Å². The van der Waals surface area contributed by atoms with E-state index >= 15 is 0 Å². The number of ether oxygens (including phenoxy) is 3. The van der Waals surface area contributed by atoms with E-state index in [2.05, 4.69) is 9.88 Å². The predicted molar refractivity (Wildman–Crippen MR) is 158 cm³/mol. The summed E-state index contributed by atoms with van der Waals surface area (Å²) in [5, 5.41) is 2.91. The highest BCUT2D eigenvalue weighted by Gasteiger charge is 2.37. The molecular weight excluding hydrogens is 520 g/mol. The van der Waals surface area contributed by atoms with Crippen LogP contribution >= 0.6 is 0 Å². The fourth-order valence-corrected chi connectivity index (χ4v) is 5.16. The summed E-state index contributed by atoms with van der Waals surface area (Å²) in [4.78, 5) is 31.2. The van der Waals surface area contributed by atoms with Gasteiger partial charge in [0.05, 0.1) is 44.1 Å². The van der Waals surface area contributed by atoms with Crippen molar-refractivity contribution < 1.29 is 23.8 Å². The highest BCUT2D eigenvalue weighted by atomic mass is 16.5. The molecule has 9 heteroatoms. The first-order valence-electron chi connectivity index (χ1n) is 13.4. The number of fused-ring (bicyclic) bond motifs is 3. The van der Waals surface area contributed by atoms with Gasteiger partial charge < -0.3 is 29.0 Å². The van der Waals surface area contributed by atoms with Crippen molar-refractivity contribution >= 4 is 23.3 Å². The summed E-state index contributed by atoms with van der Waals surface area (Å²) in [7, 11) is 4.71. The van der Waals surface area contributed by atoms with Gasteiger partial charge in [-0.25, -0.2) is 4.79 Å². The standard InChI is InChI=1S/C32H34N4O5/c1-21(2)35(32(38)33-25-17-16-24(40-4)19-29(25)41-5)20-30(37)36-27-10-7-6-9-26(27)34-18-8-11-28(34)31(36)22-12-14-23(39-3)15-13-22/h6-19,21,31H,20H2,1-5H3,(H,33,38). The molecule has 4 aromatic rings. The number of amides is 3. The van der Waals surface area contributed by atoms with E-state index in [0.29, 0.717) is 17.2 Å². The van der Waals surface area contributed by atoms with Crippen LogP contribution in [-0.2, 0) is 4.79 Å². The first-order valence-corrected chi connectivity index (χ1v) is 13.4. The monoisotopic (exact) mass is 554 g/mol. The second-order valence-electron chi connectivity index (χ2n) is 9.95. The van der Waals surface area contributed by atoms with E-state index in [-0.39, 0.29) is 18.5 Å². The van der Waals surface area contributed by atoms with Crippen molar-refractivity contribution in [3.05, 3.63) is 96.3 Å². The number of carbonyl (C=O) groups excluding carboxylic acids is 2. The minimum atomic E-state index is -0.411. The molecule has 41 heavy (non-hydrogen) atoms. The van der Waals surface area contributed by atoms with Crippen molar-refractivity contribution in [3.8, 4) is 22.9 Å². The summed E-state index contributed by atoms with van der Waals surface area (Å²) >= 11 is 0. The minimum Gasteiger partial charge on any atom is -0.497 e. The molecule has 0 radical (unpaired) electrons. The maximum absolute atomic E-state index is 14.3. The molecule has 1 unspecified atom stereocenters. The van der Waals surface area contributed by atoms with Crippen molar-refractivity contribution in [3.63, 3.8) is 0 Å². The average molecular weight is 555 g/mol. The number of hydrogen-bond acceptors (Lipinski definition) is 5. The van der Waals surface area contributed by atoms with Crippen LogP contribution in [0.25, 0.3) is 5.69 Å². The van der Waals surface area contributed by atoms with Crippen LogP contribution in [0.4, 0.5) is 16.2 Å². The zero-order valence-corrected chi connectivity index (χ0v) is 23.8. The molecule has 0 saturated carbocycles. The highest BCUT2D eigenvalue weighted by Crippen LogP contribution is 2.42. The van der Waals surface area contributed by atoms with Gasteiger partial charge in [-0.2, -0.15) is 0 Å². The van der Waals surface area contributed by atoms with Gasteiger partial charge in [0.25, 0.3) is 0 Å². The second kappa shape index (κ2) is 11.7. The molecule has 3 aromatic carbocycles. The Labute approximate surface area is 239 Å². The van der Waals surface area contributed by atoms with Crippen LogP contribution < -0.4 is 24.4 Å². The number of nitrogens with one attached hydrogen (secondary N) is 1. The van der Waals surface area contributed by atoms with Gasteiger partial charge >= 0.3 is 6.03 Å². The van der Waals surface area contributed by atoms with Crippen LogP contribution in [0.1, 0.15) is 31.1 Å². The van der Waals surface area contributed by atoms with E-state index in [1.165, 1.54) is 12.0 Å². The Morgan fingerprint density at radius 3 is 2.20 bits per heavy atom. The third-order valence-corrected chi connectivity index (χ3v) is 7.26. The van der Waals surface area contributed by atoms with Crippen LogP contribution in [0.5, 0.6) is 17.2 Å². The molecule has 0 saturated heterocycles. The summed E-state index contributed by atoms with van der Waals surface area (Å²) in [5.74, 6) is 1.58. The fourth-order valence-electron chi connectivity index (χ4n) is 5.16. The van der Waals surface area contributed by atoms with Gasteiger partial charge in [0.15, 0.2) is 0 Å². The zero-order valence-electron chi connectivity index (χ0n) is 23.8. The molecule has 1 N–H and O–H groups in total. The number of benzene rings is 3. The second-order valence-corrected chi connectivity index (χ2v) is 9.95. The number of carbonyl (C=O) groups is 2. The highest BCUT2D eigenvalue weighted by molar-refractivity contribution is 6.01. The van der Waals surface area contributed by atoms with Crippen LogP contribution in [0, 0.1) is 0 Å². The first-order chi connectivity index (χ1) is 19.9. The van der Waals surface area contributed by atoms with Crippen molar-refractivity contribution in [2.45, 2.75) is 25.9 Å². The number of hydrogen-bond donors (Lipinski definition) is 1. The fraction of sp³-hybridized carbons (Fsp3) is 0.250. The lowest BCUT2D eigenvalue weighted by Crippen LogP contribution is -2.49. The Morgan fingerprint density at radius 2 is 1.54 bits per heavy atom. The van der Waals surface area contributed by atoms with Crippen molar-refractivity contribution in [2.24, 2.45) is 0 Å². The lowest BCUT2D eigenvalue weighted by molar-refractivity contribution is -0.119. The Balaban J connectivity index is 1.49. The molecule has 2 heterocycles. The number of urea groups is 1. The normalized spacial score (nSPS) is 13.7. The van der Waals surface area contributed by atoms with Gasteiger partial charge in [0.1, 0.15) is 29.8 Å². The molecular formula is C32H34N4O5. The van der Waals surface area contributed by atoms with Gasteiger partial charge in [0.2, 0.25) is 5.91 Å². The molecule has 212 valence electrons. The number of para-hydroxylation sites is 2. The molecule has 1 aromatic heterocycles. The first kappa shape index (κ1) is 27.6. The number of rotatable bonds is 8. The molecule has 1 aliphatic heterocycles. The third kappa shape index (κ3) is 5.30. The zero-order chi connectivity index (χ0) is 29.1. The van der Waals surface area contributed by atoms with Gasteiger partial charge in [0, 0.05) is 18.3 Å². The SMILES string of the molecule is COc1ccc(C2c3cccn3-c3ccccc3N2C(=O)CN(C(=O)Nc2ccc(OC)cc2OC)C(C)C)cc1. The van der Waals surface area contributed by atoms with Gasteiger partial charge in [-0.15, -0.1) is 0 Å². The summed E-state index contributed by atoms with van der Waals surface area (Å²) < 4.78 is 18.2. The molecule has 3 amide bonds. The van der Waals surface area contributed by atoms with Gasteiger partial charge in [-0.1, -0.05) is 24.3 Å². The molecule has 0 bridgehead atoms. The Hall–Kier alpha value is -4.92.